The summed E-state index contributed by atoms with van der Waals surface area (Å²) in [7, 11) is 1.92. The molecule has 1 N–H and O–H groups in total. The quantitative estimate of drug-likeness (QED) is 0.910. The molecule has 94 valence electrons. The van der Waals surface area contributed by atoms with Crippen molar-refractivity contribution in [3.8, 4) is 11.6 Å². The maximum atomic E-state index is 6.04. The van der Waals surface area contributed by atoms with Crippen molar-refractivity contribution in [3.05, 3.63) is 53.2 Å². The number of para-hydroxylation sites is 1. The van der Waals surface area contributed by atoms with Gasteiger partial charge >= 0.3 is 0 Å². The Kier molecular flexibility index (Phi) is 4.18. The molecule has 0 amide bonds. The lowest BCUT2D eigenvalue weighted by molar-refractivity contribution is 0.461. The van der Waals surface area contributed by atoms with Gasteiger partial charge in [0.25, 0.3) is 0 Å². The van der Waals surface area contributed by atoms with Gasteiger partial charge in [-0.15, -0.1) is 0 Å². The fourth-order valence-electron chi connectivity index (χ4n) is 1.56. The number of rotatable bonds is 4. The Hall–Kier alpha value is -1.58. The van der Waals surface area contributed by atoms with Crippen molar-refractivity contribution < 1.29 is 4.74 Å². The van der Waals surface area contributed by atoms with Gasteiger partial charge in [-0.05, 0) is 37.7 Å². The summed E-state index contributed by atoms with van der Waals surface area (Å²) in [5.74, 6) is 1.16. The Labute approximate surface area is 112 Å². The third kappa shape index (κ3) is 3.00. The fourth-order valence-corrected chi connectivity index (χ4v) is 1.73. The van der Waals surface area contributed by atoms with Crippen molar-refractivity contribution in [2.45, 2.75) is 13.0 Å². The number of hydrogen-bond acceptors (Lipinski definition) is 3. The number of nitrogens with one attached hydrogen (secondary N) is 1. The molecule has 2 rings (SSSR count). The fraction of sp³-hybridized carbons (Fsp3) is 0.214. The van der Waals surface area contributed by atoms with Gasteiger partial charge in [-0.2, -0.15) is 0 Å². The Morgan fingerprint density at radius 3 is 2.78 bits per heavy atom. The van der Waals surface area contributed by atoms with E-state index < -0.39 is 0 Å². The van der Waals surface area contributed by atoms with Crippen LogP contribution >= 0.6 is 11.6 Å². The van der Waals surface area contributed by atoms with Crippen LogP contribution in [0, 0.1) is 0 Å². The molecule has 1 aromatic carbocycles. The van der Waals surface area contributed by atoms with Crippen LogP contribution in [-0.2, 0) is 0 Å². The topological polar surface area (TPSA) is 34.2 Å². The van der Waals surface area contributed by atoms with Crippen LogP contribution in [0.4, 0.5) is 0 Å². The molecular weight excluding hydrogens is 248 g/mol. The first kappa shape index (κ1) is 12.9. The van der Waals surface area contributed by atoms with Gasteiger partial charge in [-0.3, -0.25) is 0 Å². The number of pyridine rings is 1. The highest BCUT2D eigenvalue weighted by Gasteiger charge is 2.07. The van der Waals surface area contributed by atoms with E-state index in [0.29, 0.717) is 16.7 Å². The van der Waals surface area contributed by atoms with E-state index in [1.54, 1.807) is 12.3 Å². The van der Waals surface area contributed by atoms with Gasteiger partial charge in [-0.1, -0.05) is 23.7 Å². The number of halogens is 1. The predicted molar refractivity (Wildman–Crippen MR) is 73.2 cm³/mol. The summed E-state index contributed by atoms with van der Waals surface area (Å²) in [5.41, 5.74) is 1.12. The summed E-state index contributed by atoms with van der Waals surface area (Å²) < 4.78 is 5.67. The first-order valence-electron chi connectivity index (χ1n) is 5.76. The van der Waals surface area contributed by atoms with Crippen LogP contribution in [0.15, 0.2) is 42.6 Å². The molecule has 0 fully saturated rings. The third-order valence-electron chi connectivity index (χ3n) is 2.74. The molecule has 0 aliphatic heterocycles. The molecule has 0 aliphatic rings. The average Bonchev–Trinajstić information content (AvgIpc) is 2.41. The molecule has 0 saturated heterocycles. The number of nitrogens with zero attached hydrogens (tertiary/aromatic N) is 1. The second-order valence-electron chi connectivity index (χ2n) is 3.97. The number of benzene rings is 1. The van der Waals surface area contributed by atoms with Gasteiger partial charge in [0.1, 0.15) is 5.75 Å². The maximum Gasteiger partial charge on any atom is 0.219 e. The van der Waals surface area contributed by atoms with E-state index in [1.807, 2.05) is 37.4 Å². The minimum atomic E-state index is 0.251. The third-order valence-corrected chi connectivity index (χ3v) is 3.06. The average molecular weight is 263 g/mol. The van der Waals surface area contributed by atoms with E-state index in [0.717, 1.165) is 5.56 Å². The van der Waals surface area contributed by atoms with E-state index in [9.17, 15) is 0 Å². The molecule has 1 heterocycles. The normalized spacial score (nSPS) is 12.2. The van der Waals surface area contributed by atoms with Crippen molar-refractivity contribution in [1.82, 2.24) is 10.3 Å². The van der Waals surface area contributed by atoms with Crippen LogP contribution < -0.4 is 10.1 Å². The second-order valence-corrected chi connectivity index (χ2v) is 4.38. The van der Waals surface area contributed by atoms with E-state index >= 15 is 0 Å². The minimum Gasteiger partial charge on any atom is -0.437 e. The van der Waals surface area contributed by atoms with E-state index in [2.05, 4.69) is 17.2 Å². The first-order chi connectivity index (χ1) is 8.70. The van der Waals surface area contributed by atoms with Crippen LogP contribution in [0.5, 0.6) is 11.6 Å². The Balaban J connectivity index is 2.22. The van der Waals surface area contributed by atoms with E-state index in [-0.39, 0.29) is 6.04 Å². The lowest BCUT2D eigenvalue weighted by Crippen LogP contribution is -2.12. The molecule has 1 atom stereocenters. The molecule has 1 unspecified atom stereocenters. The van der Waals surface area contributed by atoms with Gasteiger partial charge in [0, 0.05) is 18.3 Å². The predicted octanol–water partition coefficient (Wildman–Crippen LogP) is 3.81. The monoisotopic (exact) mass is 262 g/mol. The smallest absolute Gasteiger partial charge is 0.219 e. The van der Waals surface area contributed by atoms with E-state index in [4.69, 9.17) is 16.3 Å². The van der Waals surface area contributed by atoms with Gasteiger partial charge in [0.2, 0.25) is 5.88 Å². The van der Waals surface area contributed by atoms with Gasteiger partial charge < -0.3 is 10.1 Å². The summed E-state index contributed by atoms with van der Waals surface area (Å²) in [4.78, 5) is 4.18. The van der Waals surface area contributed by atoms with Crippen molar-refractivity contribution in [3.63, 3.8) is 0 Å². The van der Waals surface area contributed by atoms with Gasteiger partial charge in [0.05, 0.1) is 5.02 Å². The van der Waals surface area contributed by atoms with Crippen molar-refractivity contribution >= 4 is 11.6 Å². The molecular formula is C14H15ClN2O. The summed E-state index contributed by atoms with van der Waals surface area (Å²) in [6.07, 6.45) is 1.73. The number of ether oxygens (including phenoxy) is 1. The lowest BCUT2D eigenvalue weighted by Gasteiger charge is -2.12. The largest absolute Gasteiger partial charge is 0.437 e. The van der Waals surface area contributed by atoms with Gasteiger partial charge in [-0.25, -0.2) is 4.98 Å². The molecule has 0 spiro atoms. The molecule has 4 heteroatoms. The first-order valence-corrected chi connectivity index (χ1v) is 6.14. The molecule has 0 saturated carbocycles. The zero-order valence-corrected chi connectivity index (χ0v) is 11.1. The highest BCUT2D eigenvalue weighted by molar-refractivity contribution is 6.32. The zero-order valence-electron chi connectivity index (χ0n) is 10.4. The molecule has 0 radical (unpaired) electrons. The maximum absolute atomic E-state index is 6.04. The highest BCUT2D eigenvalue weighted by atomic mass is 35.5. The summed E-state index contributed by atoms with van der Waals surface area (Å²) in [6, 6.07) is 11.5. The number of hydrogen-bond donors (Lipinski definition) is 1. The summed E-state index contributed by atoms with van der Waals surface area (Å²) in [6.45, 7) is 2.08. The van der Waals surface area contributed by atoms with Crippen LogP contribution in [0.1, 0.15) is 18.5 Å². The molecule has 3 nitrogen and oxygen atoms in total. The standard InChI is InChI=1S/C14H15ClN2O/c1-10(16-2)11-7-8-17-14(9-11)18-13-6-4-3-5-12(13)15/h3-10,16H,1-2H3. The van der Waals surface area contributed by atoms with Crippen LogP contribution in [0.25, 0.3) is 0 Å². The molecule has 2 aromatic rings. The highest BCUT2D eigenvalue weighted by Crippen LogP contribution is 2.28. The van der Waals surface area contributed by atoms with Crippen LogP contribution in [-0.4, -0.2) is 12.0 Å². The SMILES string of the molecule is CNC(C)c1ccnc(Oc2ccccc2Cl)c1. The molecule has 0 aliphatic carbocycles. The van der Waals surface area contributed by atoms with Crippen molar-refractivity contribution in [1.29, 1.82) is 0 Å². The lowest BCUT2D eigenvalue weighted by atomic mass is 10.1. The zero-order chi connectivity index (χ0) is 13.0. The Morgan fingerprint density at radius 1 is 1.28 bits per heavy atom. The van der Waals surface area contributed by atoms with Crippen molar-refractivity contribution in [2.24, 2.45) is 0 Å². The molecule has 18 heavy (non-hydrogen) atoms. The Morgan fingerprint density at radius 2 is 2.06 bits per heavy atom. The van der Waals surface area contributed by atoms with E-state index in [1.165, 1.54) is 0 Å². The Bertz CT molecular complexity index is 531. The van der Waals surface area contributed by atoms with Crippen molar-refractivity contribution in [2.75, 3.05) is 7.05 Å². The van der Waals surface area contributed by atoms with Gasteiger partial charge in [0.15, 0.2) is 0 Å². The molecule has 1 aromatic heterocycles. The summed E-state index contributed by atoms with van der Waals surface area (Å²) >= 11 is 6.04. The molecule has 0 bridgehead atoms. The second kappa shape index (κ2) is 5.85. The number of aromatic nitrogens is 1. The van der Waals surface area contributed by atoms with Crippen LogP contribution in [0.2, 0.25) is 5.02 Å². The van der Waals surface area contributed by atoms with Crippen LogP contribution in [0.3, 0.4) is 0 Å². The minimum absolute atomic E-state index is 0.251. The summed E-state index contributed by atoms with van der Waals surface area (Å²) in [5, 5.41) is 3.75.